The van der Waals surface area contributed by atoms with Crippen molar-refractivity contribution in [3.63, 3.8) is 0 Å². The molecule has 0 N–H and O–H groups in total. The van der Waals surface area contributed by atoms with E-state index in [9.17, 15) is 0 Å². The van der Waals surface area contributed by atoms with Crippen molar-refractivity contribution in [2.75, 3.05) is 0 Å². The molecule has 0 amide bonds. The smallest absolute Gasteiger partial charge is 0.0175 e. The first kappa shape index (κ1) is 28.0. The maximum absolute atomic E-state index is 3.31. The van der Waals surface area contributed by atoms with Gasteiger partial charge in [-0.15, -0.1) is 0 Å². The lowest BCUT2D eigenvalue weighted by atomic mass is 10.4. The van der Waals surface area contributed by atoms with Crippen molar-refractivity contribution in [1.29, 1.82) is 0 Å². The van der Waals surface area contributed by atoms with Crippen LogP contribution in [-0.4, -0.2) is 11.0 Å². The van der Waals surface area contributed by atoms with Crippen LogP contribution < -0.4 is 0 Å². The van der Waals surface area contributed by atoms with E-state index in [1.54, 1.807) is 0 Å². The zero-order chi connectivity index (χ0) is 20.5. The van der Waals surface area contributed by atoms with Crippen molar-refractivity contribution < 1.29 is 0 Å². The maximum Gasteiger partial charge on any atom is 0.0175 e. The SMILES string of the molecule is Brc1ccccc1.Brc1ccccc1.Brc1ccccc1.Brc1ccccc1.[SiH4]. The Bertz CT molecular complexity index is 693. The summed E-state index contributed by atoms with van der Waals surface area (Å²) in [6, 6.07) is 39.9. The van der Waals surface area contributed by atoms with Gasteiger partial charge in [-0.3, -0.25) is 0 Å². The van der Waals surface area contributed by atoms with Gasteiger partial charge in [0.1, 0.15) is 0 Å². The molecule has 5 heteroatoms. The van der Waals surface area contributed by atoms with Crippen molar-refractivity contribution in [3.05, 3.63) is 139 Å². The fourth-order valence-corrected chi connectivity index (χ4v) is 2.88. The lowest BCUT2D eigenvalue weighted by Gasteiger charge is -1.80. The minimum atomic E-state index is 0. The zero-order valence-corrected chi connectivity index (χ0v) is 21.4. The molecule has 0 aromatic heterocycles. The molecule has 0 nitrogen and oxygen atoms in total. The third-order valence-corrected chi connectivity index (χ3v) is 5.05. The van der Waals surface area contributed by atoms with E-state index in [1.807, 2.05) is 121 Å². The van der Waals surface area contributed by atoms with Gasteiger partial charge in [-0.05, 0) is 59.5 Å². The second kappa shape index (κ2) is 19.0. The number of halogens is 4. The Labute approximate surface area is 212 Å². The van der Waals surface area contributed by atoms with E-state index < -0.39 is 0 Å². The first-order valence-corrected chi connectivity index (χ1v) is 11.6. The summed E-state index contributed by atoms with van der Waals surface area (Å²) in [6.07, 6.45) is 0. The van der Waals surface area contributed by atoms with Crippen LogP contribution >= 0.6 is 63.7 Å². The minimum Gasteiger partial charge on any atom is -0.0622 e. The van der Waals surface area contributed by atoms with Crippen LogP contribution in [0, 0.1) is 0 Å². The Kier molecular flexibility index (Phi) is 18.4. The summed E-state index contributed by atoms with van der Waals surface area (Å²) in [5, 5.41) is 0. The Hall–Kier alpha value is -0.983. The quantitative estimate of drug-likeness (QED) is 0.167. The van der Waals surface area contributed by atoms with E-state index in [1.165, 1.54) is 0 Å². The second-order valence-corrected chi connectivity index (χ2v) is 8.84. The summed E-state index contributed by atoms with van der Waals surface area (Å²) in [5.74, 6) is 0. The first-order valence-electron chi connectivity index (χ1n) is 8.40. The molecule has 4 aromatic carbocycles. The van der Waals surface area contributed by atoms with Gasteiger partial charge in [0.05, 0.1) is 0 Å². The number of hydrogen-bond donors (Lipinski definition) is 0. The normalized spacial score (nSPS) is 8.41. The standard InChI is InChI=1S/4C6H5Br.H4Si/c4*7-6-4-2-1-3-5-6;/h4*1-5H;1H4. The van der Waals surface area contributed by atoms with Crippen LogP contribution in [0.5, 0.6) is 0 Å². The molecule has 0 fully saturated rings. The molecule has 0 bridgehead atoms. The molecule has 4 rings (SSSR count). The largest absolute Gasteiger partial charge is 0.0622 e. The Morgan fingerprint density at radius 3 is 0.483 bits per heavy atom. The Balaban J connectivity index is 0.000000356. The lowest BCUT2D eigenvalue weighted by molar-refractivity contribution is 1.66. The van der Waals surface area contributed by atoms with E-state index in [0.717, 1.165) is 17.9 Å². The van der Waals surface area contributed by atoms with Gasteiger partial charge >= 0.3 is 0 Å². The Morgan fingerprint density at radius 1 is 0.276 bits per heavy atom. The van der Waals surface area contributed by atoms with Crippen molar-refractivity contribution in [2.24, 2.45) is 0 Å². The number of benzene rings is 4. The van der Waals surface area contributed by atoms with Crippen molar-refractivity contribution in [3.8, 4) is 0 Å². The molecule has 0 radical (unpaired) electrons. The Morgan fingerprint density at radius 2 is 0.414 bits per heavy atom. The molecular formula is C24H24Br4Si. The molecule has 0 heterocycles. The molecule has 0 atom stereocenters. The highest BCUT2D eigenvalue weighted by Gasteiger charge is 1.76. The third kappa shape index (κ3) is 17.6. The summed E-state index contributed by atoms with van der Waals surface area (Å²) >= 11 is 13.2. The molecule has 0 aliphatic heterocycles. The van der Waals surface area contributed by atoms with Gasteiger partial charge in [0.15, 0.2) is 0 Å². The van der Waals surface area contributed by atoms with Gasteiger partial charge in [-0.2, -0.15) is 0 Å². The van der Waals surface area contributed by atoms with Crippen LogP contribution in [-0.2, 0) is 0 Å². The molecule has 0 aliphatic rings. The summed E-state index contributed by atoms with van der Waals surface area (Å²) in [6.45, 7) is 0. The summed E-state index contributed by atoms with van der Waals surface area (Å²) < 4.78 is 4.54. The molecule has 4 aromatic rings. The molecule has 0 unspecified atom stereocenters. The van der Waals surface area contributed by atoms with Gasteiger partial charge in [-0.25, -0.2) is 0 Å². The molecule has 0 spiro atoms. The molecule has 0 saturated carbocycles. The van der Waals surface area contributed by atoms with Crippen LogP contribution in [0.1, 0.15) is 0 Å². The lowest BCUT2D eigenvalue weighted by Crippen LogP contribution is -1.55. The second-order valence-electron chi connectivity index (χ2n) is 5.18. The predicted molar refractivity (Wildman–Crippen MR) is 148 cm³/mol. The monoisotopic (exact) mass is 656 g/mol. The van der Waals surface area contributed by atoms with Crippen molar-refractivity contribution >= 4 is 74.7 Å². The minimum absolute atomic E-state index is 0. The summed E-state index contributed by atoms with van der Waals surface area (Å²) in [4.78, 5) is 0. The van der Waals surface area contributed by atoms with Crippen molar-refractivity contribution in [2.45, 2.75) is 0 Å². The zero-order valence-electron chi connectivity index (χ0n) is 15.1. The van der Waals surface area contributed by atoms with Crippen LogP contribution in [0.25, 0.3) is 0 Å². The highest BCUT2D eigenvalue weighted by Crippen LogP contribution is 2.07. The summed E-state index contributed by atoms with van der Waals surface area (Å²) in [5.41, 5.74) is 0. The van der Waals surface area contributed by atoms with Gasteiger partial charge in [0.25, 0.3) is 0 Å². The van der Waals surface area contributed by atoms with E-state index in [2.05, 4.69) is 63.7 Å². The van der Waals surface area contributed by atoms with E-state index >= 15 is 0 Å². The van der Waals surface area contributed by atoms with Crippen LogP contribution in [0.2, 0.25) is 0 Å². The molecule has 0 saturated heterocycles. The highest BCUT2D eigenvalue weighted by molar-refractivity contribution is 9.11. The fourth-order valence-electron chi connectivity index (χ4n) is 1.66. The molecule has 0 aliphatic carbocycles. The topological polar surface area (TPSA) is 0 Å². The highest BCUT2D eigenvalue weighted by atomic mass is 79.9. The maximum atomic E-state index is 3.31. The van der Waals surface area contributed by atoms with Gasteiger partial charge in [0, 0.05) is 17.9 Å². The number of rotatable bonds is 0. The van der Waals surface area contributed by atoms with Gasteiger partial charge in [-0.1, -0.05) is 137 Å². The van der Waals surface area contributed by atoms with Gasteiger partial charge in [0.2, 0.25) is 0 Å². The fraction of sp³-hybridized carbons (Fsp3) is 0. The van der Waals surface area contributed by atoms with Crippen LogP contribution in [0.15, 0.2) is 139 Å². The first-order chi connectivity index (χ1) is 13.6. The average Bonchev–Trinajstić information content (AvgIpc) is 2.72. The number of hydrogen-bond acceptors (Lipinski definition) is 0. The molecular weight excluding hydrogens is 636 g/mol. The van der Waals surface area contributed by atoms with Crippen LogP contribution in [0.3, 0.4) is 0 Å². The average molecular weight is 660 g/mol. The van der Waals surface area contributed by atoms with E-state index in [4.69, 9.17) is 0 Å². The van der Waals surface area contributed by atoms with Gasteiger partial charge < -0.3 is 0 Å². The van der Waals surface area contributed by atoms with Crippen molar-refractivity contribution in [1.82, 2.24) is 0 Å². The van der Waals surface area contributed by atoms with E-state index in [0.29, 0.717) is 0 Å². The predicted octanol–water partition coefficient (Wildman–Crippen LogP) is 8.34. The summed E-state index contributed by atoms with van der Waals surface area (Å²) in [7, 11) is 0. The third-order valence-electron chi connectivity index (χ3n) is 2.93. The molecule has 29 heavy (non-hydrogen) atoms. The molecule has 152 valence electrons. The van der Waals surface area contributed by atoms with E-state index in [-0.39, 0.29) is 11.0 Å². The van der Waals surface area contributed by atoms with Crippen LogP contribution in [0.4, 0.5) is 0 Å².